The van der Waals surface area contributed by atoms with Crippen molar-refractivity contribution in [2.75, 3.05) is 5.75 Å². The van der Waals surface area contributed by atoms with Gasteiger partial charge in [-0.25, -0.2) is 4.98 Å². The summed E-state index contributed by atoms with van der Waals surface area (Å²) in [6, 6.07) is 0. The molecule has 4 aliphatic carbocycles. The van der Waals surface area contributed by atoms with Crippen LogP contribution in [0.25, 0.3) is 5.65 Å². The van der Waals surface area contributed by atoms with Crippen molar-refractivity contribution in [1.82, 2.24) is 19.7 Å². The van der Waals surface area contributed by atoms with E-state index in [1.165, 1.54) is 38.5 Å². The highest BCUT2D eigenvalue weighted by molar-refractivity contribution is 8.01. The Labute approximate surface area is 152 Å². The Hall–Kier alpha value is -1.56. The van der Waals surface area contributed by atoms with Crippen molar-refractivity contribution in [1.29, 1.82) is 0 Å². The summed E-state index contributed by atoms with van der Waals surface area (Å²) in [6.07, 6.45) is 15.6. The molecule has 6 heteroatoms. The molecule has 1 amide bonds. The van der Waals surface area contributed by atoms with Crippen molar-refractivity contribution in [3.63, 3.8) is 0 Å². The fraction of sp³-hybridized carbons (Fsp3) is 0.632. The first-order valence-corrected chi connectivity index (χ1v) is 10.3. The third-order valence-electron chi connectivity index (χ3n) is 6.35. The zero-order valence-electron chi connectivity index (χ0n) is 14.4. The van der Waals surface area contributed by atoms with Gasteiger partial charge in [0.05, 0.1) is 30.4 Å². The summed E-state index contributed by atoms with van der Waals surface area (Å²) in [4.78, 5) is 20.8. The van der Waals surface area contributed by atoms with E-state index >= 15 is 0 Å². The highest BCUT2D eigenvalue weighted by Crippen LogP contribution is 2.60. The number of imidazole rings is 1. The predicted molar refractivity (Wildman–Crippen MR) is 98.2 cm³/mol. The number of fused-ring (bicyclic) bond motifs is 1. The van der Waals surface area contributed by atoms with E-state index in [0.29, 0.717) is 17.0 Å². The molecule has 4 fully saturated rings. The van der Waals surface area contributed by atoms with E-state index in [2.05, 4.69) is 15.3 Å². The molecule has 2 aromatic heterocycles. The molecule has 4 bridgehead atoms. The molecule has 0 spiro atoms. The number of aromatic nitrogens is 3. The molecule has 0 unspecified atom stereocenters. The van der Waals surface area contributed by atoms with Crippen LogP contribution in [0.1, 0.15) is 44.2 Å². The number of carbonyl (C=O) groups is 1. The van der Waals surface area contributed by atoms with Gasteiger partial charge in [-0.3, -0.25) is 14.2 Å². The SMILES string of the molecule is O=C(CSC12CC3CC(CC(C3)C1)C2)NCc1cnc2cnccn12. The van der Waals surface area contributed by atoms with Crippen LogP contribution in [0, 0.1) is 17.8 Å². The maximum absolute atomic E-state index is 12.4. The van der Waals surface area contributed by atoms with Crippen molar-refractivity contribution in [3.05, 3.63) is 30.5 Å². The number of nitrogens with zero attached hydrogens (tertiary/aromatic N) is 3. The molecule has 1 N–H and O–H groups in total. The molecule has 4 aliphatic rings. The molecular weight excluding hydrogens is 332 g/mol. The molecule has 4 saturated carbocycles. The van der Waals surface area contributed by atoms with Crippen LogP contribution in [-0.4, -0.2) is 30.8 Å². The van der Waals surface area contributed by atoms with E-state index in [0.717, 1.165) is 29.1 Å². The highest BCUT2D eigenvalue weighted by Gasteiger charge is 2.51. The quantitative estimate of drug-likeness (QED) is 0.894. The van der Waals surface area contributed by atoms with Crippen LogP contribution in [0.3, 0.4) is 0 Å². The second kappa shape index (κ2) is 6.01. The largest absolute Gasteiger partial charge is 0.350 e. The van der Waals surface area contributed by atoms with Crippen LogP contribution in [0.2, 0.25) is 0 Å². The average Bonchev–Trinajstić information content (AvgIpc) is 3.00. The van der Waals surface area contributed by atoms with Crippen molar-refractivity contribution in [3.8, 4) is 0 Å². The van der Waals surface area contributed by atoms with Gasteiger partial charge < -0.3 is 5.32 Å². The van der Waals surface area contributed by atoms with Gasteiger partial charge in [-0.2, -0.15) is 0 Å². The van der Waals surface area contributed by atoms with Crippen LogP contribution in [0.4, 0.5) is 0 Å². The van der Waals surface area contributed by atoms with Crippen LogP contribution >= 0.6 is 11.8 Å². The Balaban J connectivity index is 1.18. The molecule has 0 aromatic carbocycles. The zero-order valence-corrected chi connectivity index (χ0v) is 15.2. The smallest absolute Gasteiger partial charge is 0.230 e. The molecule has 6 rings (SSSR count). The standard InChI is InChI=1S/C19H24N4OS/c24-18(22-10-16-9-21-17-11-20-1-2-23(16)17)12-25-19-6-13-3-14(7-19)5-15(4-13)8-19/h1-2,9,11,13-15H,3-8,10,12H2,(H,22,24). The summed E-state index contributed by atoms with van der Waals surface area (Å²) in [5.74, 6) is 3.55. The second-order valence-corrected chi connectivity index (χ2v) is 9.66. The number of hydrogen-bond acceptors (Lipinski definition) is 4. The molecule has 25 heavy (non-hydrogen) atoms. The van der Waals surface area contributed by atoms with Crippen LogP contribution in [-0.2, 0) is 11.3 Å². The first-order valence-electron chi connectivity index (χ1n) is 9.36. The number of thioether (sulfide) groups is 1. The predicted octanol–water partition coefficient (Wildman–Crippen LogP) is 3.05. The fourth-order valence-electron chi connectivity index (χ4n) is 5.69. The minimum absolute atomic E-state index is 0.143. The average molecular weight is 356 g/mol. The van der Waals surface area contributed by atoms with Gasteiger partial charge in [0.2, 0.25) is 5.91 Å². The van der Waals surface area contributed by atoms with E-state index in [-0.39, 0.29) is 5.91 Å². The van der Waals surface area contributed by atoms with Crippen LogP contribution in [0.5, 0.6) is 0 Å². The summed E-state index contributed by atoms with van der Waals surface area (Å²) < 4.78 is 2.38. The normalized spacial score (nSPS) is 33.0. The van der Waals surface area contributed by atoms with Gasteiger partial charge in [0, 0.05) is 17.1 Å². The lowest BCUT2D eigenvalue weighted by molar-refractivity contribution is -0.118. The molecular formula is C19H24N4OS. The number of nitrogens with one attached hydrogen (secondary N) is 1. The lowest BCUT2D eigenvalue weighted by Crippen LogP contribution is -2.49. The Morgan fingerprint density at radius 1 is 1.20 bits per heavy atom. The molecule has 0 aliphatic heterocycles. The maximum atomic E-state index is 12.4. The topological polar surface area (TPSA) is 59.3 Å². The Morgan fingerprint density at radius 2 is 1.92 bits per heavy atom. The van der Waals surface area contributed by atoms with Gasteiger partial charge in [-0.15, -0.1) is 11.8 Å². The number of amides is 1. The molecule has 5 nitrogen and oxygen atoms in total. The molecule has 2 heterocycles. The Morgan fingerprint density at radius 3 is 2.64 bits per heavy atom. The third kappa shape index (κ3) is 2.94. The van der Waals surface area contributed by atoms with Crippen LogP contribution in [0.15, 0.2) is 24.8 Å². The minimum Gasteiger partial charge on any atom is -0.350 e. The van der Waals surface area contributed by atoms with Gasteiger partial charge in [-0.1, -0.05) is 0 Å². The molecule has 2 aromatic rings. The summed E-state index contributed by atoms with van der Waals surface area (Å²) in [5.41, 5.74) is 1.81. The van der Waals surface area contributed by atoms with E-state index < -0.39 is 0 Å². The highest BCUT2D eigenvalue weighted by atomic mass is 32.2. The monoisotopic (exact) mass is 356 g/mol. The molecule has 0 saturated heterocycles. The van der Waals surface area contributed by atoms with E-state index in [4.69, 9.17) is 0 Å². The van der Waals surface area contributed by atoms with E-state index in [1.807, 2.05) is 28.6 Å². The van der Waals surface area contributed by atoms with Crippen molar-refractivity contribution in [2.24, 2.45) is 17.8 Å². The maximum Gasteiger partial charge on any atom is 0.230 e. The first-order chi connectivity index (χ1) is 12.2. The summed E-state index contributed by atoms with van der Waals surface area (Å²) >= 11 is 1.94. The van der Waals surface area contributed by atoms with Crippen molar-refractivity contribution >= 4 is 23.3 Å². The third-order valence-corrected chi connectivity index (χ3v) is 7.87. The van der Waals surface area contributed by atoms with Crippen molar-refractivity contribution < 1.29 is 4.79 Å². The first kappa shape index (κ1) is 15.7. The van der Waals surface area contributed by atoms with E-state index in [1.54, 1.807) is 12.4 Å². The van der Waals surface area contributed by atoms with Gasteiger partial charge in [0.25, 0.3) is 0 Å². The Bertz CT molecular complexity index is 766. The summed E-state index contributed by atoms with van der Waals surface area (Å²) in [6.45, 7) is 0.519. The zero-order chi connectivity index (χ0) is 16.9. The summed E-state index contributed by atoms with van der Waals surface area (Å²) in [7, 11) is 0. The minimum atomic E-state index is 0.143. The van der Waals surface area contributed by atoms with Crippen LogP contribution < -0.4 is 5.32 Å². The Kier molecular flexibility index (Phi) is 3.77. The van der Waals surface area contributed by atoms with Gasteiger partial charge in [0.1, 0.15) is 0 Å². The van der Waals surface area contributed by atoms with Gasteiger partial charge >= 0.3 is 0 Å². The van der Waals surface area contributed by atoms with Crippen molar-refractivity contribution in [2.45, 2.75) is 49.8 Å². The lowest BCUT2D eigenvalue weighted by Gasteiger charge is -2.56. The van der Waals surface area contributed by atoms with Gasteiger partial charge in [-0.05, 0) is 56.3 Å². The second-order valence-electron chi connectivity index (χ2n) is 8.22. The fourth-order valence-corrected chi connectivity index (χ4v) is 7.29. The lowest BCUT2D eigenvalue weighted by atomic mass is 9.56. The molecule has 132 valence electrons. The molecule has 0 radical (unpaired) electrons. The number of hydrogen-bond donors (Lipinski definition) is 1. The molecule has 0 atom stereocenters. The summed E-state index contributed by atoms with van der Waals surface area (Å²) in [5, 5.41) is 3.07. The van der Waals surface area contributed by atoms with E-state index in [9.17, 15) is 4.79 Å². The number of rotatable bonds is 5. The van der Waals surface area contributed by atoms with Gasteiger partial charge in [0.15, 0.2) is 5.65 Å². The number of carbonyl (C=O) groups excluding carboxylic acids is 1.